The number of pyridine rings is 2. The van der Waals surface area contributed by atoms with Crippen LogP contribution in [0.3, 0.4) is 0 Å². The third-order valence-corrected chi connectivity index (χ3v) is 4.23. The molecule has 0 bridgehead atoms. The molecule has 24 heavy (non-hydrogen) atoms. The van der Waals surface area contributed by atoms with E-state index in [1.54, 1.807) is 0 Å². The number of anilines is 1. The quantitative estimate of drug-likeness (QED) is 0.829. The average molecular weight is 324 g/mol. The van der Waals surface area contributed by atoms with Crippen LogP contribution >= 0.6 is 0 Å². The summed E-state index contributed by atoms with van der Waals surface area (Å²) in [6, 6.07) is 10.0. The lowest BCUT2D eigenvalue weighted by Crippen LogP contribution is -2.47. The van der Waals surface area contributed by atoms with Gasteiger partial charge < -0.3 is 10.7 Å². The molecular formula is C18H24N6. The number of hydrazine groups is 1. The van der Waals surface area contributed by atoms with Crippen molar-refractivity contribution < 1.29 is 0 Å². The topological polar surface area (TPSA) is 84.3 Å². The SMILES string of the molecule is Cc1ccc(CN2CCN(N)/C(=C\Cc3ccccn3)C2)c(N)n1. The molecule has 0 aliphatic carbocycles. The number of rotatable bonds is 4. The van der Waals surface area contributed by atoms with Crippen molar-refractivity contribution in [1.29, 1.82) is 0 Å². The number of hydrogen-bond acceptors (Lipinski definition) is 6. The van der Waals surface area contributed by atoms with Gasteiger partial charge in [-0.1, -0.05) is 18.2 Å². The molecule has 0 amide bonds. The first kappa shape index (κ1) is 16.4. The van der Waals surface area contributed by atoms with Crippen molar-refractivity contribution in [3.63, 3.8) is 0 Å². The maximum absolute atomic E-state index is 6.13. The number of nitrogens with two attached hydrogens (primary N) is 2. The number of aryl methyl sites for hydroxylation is 1. The Hall–Kier alpha value is -2.44. The van der Waals surface area contributed by atoms with Gasteiger partial charge in [-0.2, -0.15) is 0 Å². The summed E-state index contributed by atoms with van der Waals surface area (Å²) in [5, 5.41) is 1.83. The lowest BCUT2D eigenvalue weighted by atomic mass is 10.1. The molecular weight excluding hydrogens is 300 g/mol. The van der Waals surface area contributed by atoms with Crippen LogP contribution in [0.4, 0.5) is 5.82 Å². The normalized spacial score (nSPS) is 17.4. The minimum atomic E-state index is 0.615. The number of allylic oxidation sites excluding steroid dienone is 1. The lowest BCUT2D eigenvalue weighted by molar-refractivity contribution is 0.171. The van der Waals surface area contributed by atoms with Crippen molar-refractivity contribution in [3.05, 3.63) is 65.3 Å². The van der Waals surface area contributed by atoms with Gasteiger partial charge >= 0.3 is 0 Å². The Balaban J connectivity index is 1.66. The first-order valence-electron chi connectivity index (χ1n) is 8.17. The van der Waals surface area contributed by atoms with Crippen LogP contribution in [0.2, 0.25) is 0 Å². The molecule has 3 rings (SSSR count). The van der Waals surface area contributed by atoms with Gasteiger partial charge in [-0.05, 0) is 25.1 Å². The lowest BCUT2D eigenvalue weighted by Gasteiger charge is -2.35. The molecule has 0 saturated carbocycles. The van der Waals surface area contributed by atoms with Crippen molar-refractivity contribution in [1.82, 2.24) is 19.9 Å². The van der Waals surface area contributed by atoms with Crippen LogP contribution < -0.4 is 11.6 Å². The molecule has 0 spiro atoms. The Kier molecular flexibility index (Phi) is 5.08. The van der Waals surface area contributed by atoms with Gasteiger partial charge in [0.2, 0.25) is 0 Å². The maximum Gasteiger partial charge on any atom is 0.128 e. The van der Waals surface area contributed by atoms with Crippen molar-refractivity contribution in [2.75, 3.05) is 25.4 Å². The van der Waals surface area contributed by atoms with Gasteiger partial charge in [0.25, 0.3) is 0 Å². The fraction of sp³-hybridized carbons (Fsp3) is 0.333. The molecule has 6 nitrogen and oxygen atoms in total. The van der Waals surface area contributed by atoms with Gasteiger partial charge in [0, 0.05) is 61.4 Å². The van der Waals surface area contributed by atoms with Gasteiger partial charge in [0.05, 0.1) is 0 Å². The second-order valence-electron chi connectivity index (χ2n) is 6.12. The van der Waals surface area contributed by atoms with E-state index in [0.29, 0.717) is 5.82 Å². The fourth-order valence-electron chi connectivity index (χ4n) is 2.83. The molecule has 2 aromatic heterocycles. The van der Waals surface area contributed by atoms with Crippen LogP contribution in [0.1, 0.15) is 17.0 Å². The average Bonchev–Trinajstić information content (AvgIpc) is 2.58. The Morgan fingerprint density at radius 2 is 2.08 bits per heavy atom. The molecule has 1 aliphatic heterocycles. The summed E-state index contributed by atoms with van der Waals surface area (Å²) in [5.74, 6) is 6.74. The predicted molar refractivity (Wildman–Crippen MR) is 95.6 cm³/mol. The molecule has 126 valence electrons. The molecule has 3 heterocycles. The van der Waals surface area contributed by atoms with Crippen molar-refractivity contribution in [2.45, 2.75) is 19.9 Å². The minimum Gasteiger partial charge on any atom is -0.383 e. The van der Waals surface area contributed by atoms with E-state index in [4.69, 9.17) is 11.6 Å². The smallest absolute Gasteiger partial charge is 0.128 e. The maximum atomic E-state index is 6.13. The van der Waals surface area contributed by atoms with Crippen LogP contribution in [0.15, 0.2) is 48.3 Å². The summed E-state index contributed by atoms with van der Waals surface area (Å²) in [6.07, 6.45) is 4.76. The van der Waals surface area contributed by atoms with Gasteiger partial charge in [-0.25, -0.2) is 10.8 Å². The molecule has 0 aromatic carbocycles. The number of hydrogen-bond donors (Lipinski definition) is 2. The van der Waals surface area contributed by atoms with Crippen LogP contribution in [0.25, 0.3) is 0 Å². The van der Waals surface area contributed by atoms with Crippen LogP contribution in [0, 0.1) is 6.92 Å². The third kappa shape index (κ3) is 4.10. The third-order valence-electron chi connectivity index (χ3n) is 4.23. The number of aromatic nitrogens is 2. The highest BCUT2D eigenvalue weighted by atomic mass is 15.4. The molecule has 0 radical (unpaired) electrons. The van der Waals surface area contributed by atoms with E-state index in [-0.39, 0.29) is 0 Å². The Labute approximate surface area is 142 Å². The molecule has 6 heteroatoms. The van der Waals surface area contributed by atoms with E-state index < -0.39 is 0 Å². The van der Waals surface area contributed by atoms with E-state index in [2.05, 4.69) is 27.0 Å². The summed E-state index contributed by atoms with van der Waals surface area (Å²) in [5.41, 5.74) is 10.2. The van der Waals surface area contributed by atoms with E-state index in [9.17, 15) is 0 Å². The zero-order valence-electron chi connectivity index (χ0n) is 14.0. The molecule has 2 aromatic rings. The Morgan fingerprint density at radius 3 is 2.83 bits per heavy atom. The van der Waals surface area contributed by atoms with Crippen LogP contribution in [0.5, 0.6) is 0 Å². The highest BCUT2D eigenvalue weighted by molar-refractivity contribution is 5.40. The first-order chi connectivity index (χ1) is 11.6. The zero-order chi connectivity index (χ0) is 16.9. The van der Waals surface area contributed by atoms with E-state index in [1.807, 2.05) is 42.4 Å². The monoisotopic (exact) mass is 324 g/mol. The summed E-state index contributed by atoms with van der Waals surface area (Å²) < 4.78 is 0. The van der Waals surface area contributed by atoms with Crippen LogP contribution in [-0.4, -0.2) is 39.5 Å². The standard InChI is InChI=1S/C18H24N6/c1-14-5-6-15(18(19)22-14)12-23-10-11-24(20)17(13-23)8-7-16-4-2-3-9-21-16/h2-6,8-9H,7,10-13,20H2,1H3,(H2,19,22)/b17-8-. The molecule has 0 atom stereocenters. The van der Waals surface area contributed by atoms with Crippen molar-refractivity contribution in [2.24, 2.45) is 5.84 Å². The van der Waals surface area contributed by atoms with Crippen LogP contribution in [-0.2, 0) is 13.0 Å². The van der Waals surface area contributed by atoms with Gasteiger partial charge in [0.1, 0.15) is 5.82 Å². The Bertz CT molecular complexity index is 713. The second-order valence-corrected chi connectivity index (χ2v) is 6.12. The van der Waals surface area contributed by atoms with Crippen molar-refractivity contribution >= 4 is 5.82 Å². The largest absolute Gasteiger partial charge is 0.383 e. The van der Waals surface area contributed by atoms with Gasteiger partial charge in [0.15, 0.2) is 0 Å². The highest BCUT2D eigenvalue weighted by Gasteiger charge is 2.19. The molecule has 1 saturated heterocycles. The van der Waals surface area contributed by atoms with E-state index in [0.717, 1.165) is 55.2 Å². The van der Waals surface area contributed by atoms with E-state index >= 15 is 0 Å². The minimum absolute atomic E-state index is 0.615. The highest BCUT2D eigenvalue weighted by Crippen LogP contribution is 2.17. The van der Waals surface area contributed by atoms with Gasteiger partial charge in [-0.15, -0.1) is 0 Å². The number of nitrogens with zero attached hydrogens (tertiary/aromatic N) is 4. The van der Waals surface area contributed by atoms with Crippen molar-refractivity contribution in [3.8, 4) is 0 Å². The fourth-order valence-corrected chi connectivity index (χ4v) is 2.83. The second kappa shape index (κ2) is 7.42. The summed E-state index contributed by atoms with van der Waals surface area (Å²) in [7, 11) is 0. The number of nitrogen functional groups attached to an aromatic ring is 1. The molecule has 1 aliphatic rings. The summed E-state index contributed by atoms with van der Waals surface area (Å²) in [4.78, 5) is 11.0. The Morgan fingerprint density at radius 1 is 1.21 bits per heavy atom. The van der Waals surface area contributed by atoms with Gasteiger partial charge in [-0.3, -0.25) is 9.88 Å². The zero-order valence-corrected chi connectivity index (χ0v) is 14.0. The predicted octanol–water partition coefficient (Wildman–Crippen LogP) is 1.49. The first-order valence-corrected chi connectivity index (χ1v) is 8.17. The van der Waals surface area contributed by atoms with E-state index in [1.165, 1.54) is 0 Å². The summed E-state index contributed by atoms with van der Waals surface area (Å²) >= 11 is 0. The molecule has 0 unspecified atom stereocenters. The molecule has 1 fully saturated rings. The molecule has 4 N–H and O–H groups in total. The number of piperazine rings is 1. The summed E-state index contributed by atoms with van der Waals surface area (Å²) in [6.45, 7) is 5.24.